The largest absolute Gasteiger partial charge is 0.435 e. The minimum atomic E-state index is -0.246. The molecule has 1 unspecified atom stereocenters. The third kappa shape index (κ3) is 5.16. The van der Waals surface area contributed by atoms with E-state index in [4.69, 9.17) is 27.9 Å². The lowest BCUT2D eigenvalue weighted by molar-refractivity contribution is -0.121. The second-order valence-corrected chi connectivity index (χ2v) is 8.02. The van der Waals surface area contributed by atoms with E-state index in [-0.39, 0.29) is 35.1 Å². The van der Waals surface area contributed by atoms with Gasteiger partial charge in [-0.2, -0.15) is 0 Å². The molecule has 2 N–H and O–H groups in total. The summed E-state index contributed by atoms with van der Waals surface area (Å²) in [4.78, 5) is 29.0. The number of hydrogen-bond acceptors (Lipinski definition) is 4. The number of nitrogens with one attached hydrogen (secondary N) is 2. The lowest BCUT2D eigenvalue weighted by Crippen LogP contribution is -2.30. The average Bonchev–Trinajstić information content (AvgIpc) is 2.75. The van der Waals surface area contributed by atoms with Gasteiger partial charge in [0.2, 0.25) is 17.7 Å². The van der Waals surface area contributed by atoms with Gasteiger partial charge in [-0.25, -0.2) is 4.98 Å². The first-order chi connectivity index (χ1) is 15.0. The smallest absolute Gasteiger partial charge is 0.238 e. The van der Waals surface area contributed by atoms with Crippen LogP contribution < -0.4 is 15.4 Å². The number of halogens is 2. The van der Waals surface area contributed by atoms with Crippen molar-refractivity contribution < 1.29 is 14.3 Å². The number of carbonyl (C=O) groups is 2. The van der Waals surface area contributed by atoms with Crippen LogP contribution >= 0.6 is 23.2 Å². The average molecular weight is 456 g/mol. The number of amides is 2. The maximum absolute atomic E-state index is 12.6. The van der Waals surface area contributed by atoms with Crippen molar-refractivity contribution in [3.63, 3.8) is 0 Å². The van der Waals surface area contributed by atoms with Crippen LogP contribution in [0.2, 0.25) is 10.0 Å². The number of ether oxygens (including phenoxy) is 1. The van der Waals surface area contributed by atoms with E-state index in [1.165, 1.54) is 12.3 Å². The normalized spacial score (nSPS) is 15.0. The van der Waals surface area contributed by atoms with Crippen molar-refractivity contribution in [1.82, 2.24) is 4.98 Å². The van der Waals surface area contributed by atoms with E-state index >= 15 is 0 Å². The van der Waals surface area contributed by atoms with Gasteiger partial charge < -0.3 is 15.4 Å². The lowest BCUT2D eigenvalue weighted by Gasteiger charge is -2.24. The van der Waals surface area contributed by atoms with Crippen molar-refractivity contribution in [2.24, 2.45) is 5.92 Å². The summed E-state index contributed by atoms with van der Waals surface area (Å²) in [5.74, 6) is 0.0722. The van der Waals surface area contributed by atoms with Crippen LogP contribution in [0.15, 0.2) is 60.8 Å². The molecule has 1 aliphatic rings. The van der Waals surface area contributed by atoms with Crippen LogP contribution in [-0.4, -0.2) is 16.8 Å². The fourth-order valence-corrected chi connectivity index (χ4v) is 3.82. The number of nitrogens with zero attached hydrogens (tertiary/aromatic N) is 1. The molecule has 2 aromatic carbocycles. The maximum Gasteiger partial charge on any atom is 0.238 e. The van der Waals surface area contributed by atoms with Gasteiger partial charge in [-0.1, -0.05) is 53.5 Å². The number of pyridine rings is 1. The summed E-state index contributed by atoms with van der Waals surface area (Å²) in [7, 11) is 0. The van der Waals surface area contributed by atoms with Crippen molar-refractivity contribution in [3.8, 4) is 11.6 Å². The number of anilines is 2. The van der Waals surface area contributed by atoms with Gasteiger partial charge in [0, 0.05) is 24.2 Å². The van der Waals surface area contributed by atoms with Gasteiger partial charge in [0.1, 0.15) is 5.02 Å². The second-order valence-electron chi connectivity index (χ2n) is 7.17. The zero-order valence-corrected chi connectivity index (χ0v) is 17.9. The first-order valence-electron chi connectivity index (χ1n) is 9.76. The van der Waals surface area contributed by atoms with Gasteiger partial charge in [-0.15, -0.1) is 0 Å². The number of para-hydroxylation sites is 3. The highest BCUT2D eigenvalue weighted by Crippen LogP contribution is 2.33. The lowest BCUT2D eigenvalue weighted by atomic mass is 9.89. The SMILES string of the molecule is O=C(CCC1Cc2ccccc2NC1=O)Nc1ccccc1Oc1ncc(Cl)cc1Cl. The van der Waals surface area contributed by atoms with Crippen molar-refractivity contribution >= 4 is 46.4 Å². The molecular weight excluding hydrogens is 437 g/mol. The Morgan fingerprint density at radius 3 is 2.77 bits per heavy atom. The summed E-state index contributed by atoms with van der Waals surface area (Å²) in [5.41, 5.74) is 2.41. The summed E-state index contributed by atoms with van der Waals surface area (Å²) < 4.78 is 5.77. The topological polar surface area (TPSA) is 80.3 Å². The molecule has 1 aromatic heterocycles. The highest BCUT2D eigenvalue weighted by molar-refractivity contribution is 6.35. The number of carbonyl (C=O) groups excluding carboxylic acids is 2. The van der Waals surface area contributed by atoms with E-state index in [2.05, 4.69) is 15.6 Å². The molecular formula is C23H19Cl2N3O3. The standard InChI is InChI=1S/C23H19Cl2N3O3/c24-16-12-17(25)23(26-13-16)31-20-8-4-3-7-19(20)27-21(29)10-9-15-11-14-5-1-2-6-18(14)28-22(15)30/h1-8,12-13,15H,9-11H2,(H,27,29)(H,28,30). The molecule has 0 bridgehead atoms. The molecule has 0 spiro atoms. The molecule has 31 heavy (non-hydrogen) atoms. The number of aromatic nitrogens is 1. The minimum absolute atomic E-state index is 0.0568. The fourth-order valence-electron chi connectivity index (χ4n) is 3.40. The number of rotatable bonds is 6. The van der Waals surface area contributed by atoms with E-state index in [0.29, 0.717) is 29.3 Å². The molecule has 8 heteroatoms. The van der Waals surface area contributed by atoms with E-state index in [9.17, 15) is 9.59 Å². The van der Waals surface area contributed by atoms with Crippen LogP contribution in [0, 0.1) is 5.92 Å². The highest BCUT2D eigenvalue weighted by atomic mass is 35.5. The van der Waals surface area contributed by atoms with Gasteiger partial charge in [0.25, 0.3) is 0 Å². The second kappa shape index (κ2) is 9.37. The molecule has 1 atom stereocenters. The molecule has 0 fully saturated rings. The monoisotopic (exact) mass is 455 g/mol. The van der Waals surface area contributed by atoms with Crippen LogP contribution in [0.5, 0.6) is 11.6 Å². The number of benzene rings is 2. The van der Waals surface area contributed by atoms with Crippen LogP contribution in [0.4, 0.5) is 11.4 Å². The van der Waals surface area contributed by atoms with Crippen LogP contribution in [0.1, 0.15) is 18.4 Å². The third-order valence-electron chi connectivity index (χ3n) is 4.97. The molecule has 0 radical (unpaired) electrons. The molecule has 1 aliphatic heterocycles. The molecule has 158 valence electrons. The minimum Gasteiger partial charge on any atom is -0.435 e. The maximum atomic E-state index is 12.6. The van der Waals surface area contributed by atoms with Crippen molar-refractivity contribution in [2.75, 3.05) is 10.6 Å². The van der Waals surface area contributed by atoms with Gasteiger partial charge in [0.15, 0.2) is 5.75 Å². The van der Waals surface area contributed by atoms with Crippen LogP contribution in [-0.2, 0) is 16.0 Å². The molecule has 6 nitrogen and oxygen atoms in total. The summed E-state index contributed by atoms with van der Waals surface area (Å²) in [6, 6.07) is 16.2. The molecule has 0 saturated carbocycles. The van der Waals surface area contributed by atoms with E-state index in [1.54, 1.807) is 24.3 Å². The molecule has 0 saturated heterocycles. The molecule has 4 rings (SSSR count). The van der Waals surface area contributed by atoms with Crippen molar-refractivity contribution in [2.45, 2.75) is 19.3 Å². The molecule has 3 aromatic rings. The number of hydrogen-bond donors (Lipinski definition) is 2. The zero-order chi connectivity index (χ0) is 21.8. The van der Waals surface area contributed by atoms with Gasteiger partial charge in [-0.05, 0) is 42.7 Å². The van der Waals surface area contributed by atoms with E-state index < -0.39 is 0 Å². The Labute approximate surface area is 189 Å². The van der Waals surface area contributed by atoms with Crippen molar-refractivity contribution in [3.05, 3.63) is 76.4 Å². The first-order valence-corrected chi connectivity index (χ1v) is 10.5. The Bertz CT molecular complexity index is 1140. The Morgan fingerprint density at radius 1 is 1.16 bits per heavy atom. The van der Waals surface area contributed by atoms with E-state index in [1.807, 2.05) is 24.3 Å². The molecule has 2 heterocycles. The Balaban J connectivity index is 1.39. The summed E-state index contributed by atoms with van der Waals surface area (Å²) in [6.07, 6.45) is 2.70. The highest BCUT2D eigenvalue weighted by Gasteiger charge is 2.26. The zero-order valence-electron chi connectivity index (χ0n) is 16.4. The van der Waals surface area contributed by atoms with E-state index in [0.717, 1.165) is 11.3 Å². The Hall–Kier alpha value is -3.09. The van der Waals surface area contributed by atoms with Gasteiger partial charge in [0.05, 0.1) is 10.7 Å². The third-order valence-corrected chi connectivity index (χ3v) is 5.45. The first kappa shape index (κ1) is 21.2. The fraction of sp³-hybridized carbons (Fsp3) is 0.174. The molecule has 0 aliphatic carbocycles. The molecule has 2 amide bonds. The summed E-state index contributed by atoms with van der Waals surface area (Å²) in [6.45, 7) is 0. The Kier molecular flexibility index (Phi) is 6.39. The Morgan fingerprint density at radius 2 is 1.94 bits per heavy atom. The van der Waals surface area contributed by atoms with Gasteiger partial charge >= 0.3 is 0 Å². The number of fused-ring (bicyclic) bond motifs is 1. The van der Waals surface area contributed by atoms with Gasteiger partial charge in [-0.3, -0.25) is 9.59 Å². The quantitative estimate of drug-likeness (QED) is 0.498. The van der Waals surface area contributed by atoms with Crippen LogP contribution in [0.25, 0.3) is 0 Å². The summed E-state index contributed by atoms with van der Waals surface area (Å²) >= 11 is 12.0. The summed E-state index contributed by atoms with van der Waals surface area (Å²) in [5, 5.41) is 6.41. The predicted octanol–water partition coefficient (Wildman–Crippen LogP) is 5.71. The van der Waals surface area contributed by atoms with Crippen LogP contribution in [0.3, 0.4) is 0 Å². The van der Waals surface area contributed by atoms with Crippen molar-refractivity contribution in [1.29, 1.82) is 0 Å². The predicted molar refractivity (Wildman–Crippen MR) is 121 cm³/mol.